The molecule has 0 spiro atoms. The summed E-state index contributed by atoms with van der Waals surface area (Å²) in [6.45, 7) is 18.5. The van der Waals surface area contributed by atoms with Crippen LogP contribution < -0.4 is 4.43 Å². The maximum Gasteiger partial charge on any atom is 0.566 e. The smallest absolute Gasteiger partial charge is 0.500 e. The van der Waals surface area contributed by atoms with E-state index in [9.17, 15) is 0 Å². The Kier molecular flexibility index (Phi) is 8.72. The zero-order valence-electron chi connectivity index (χ0n) is 17.9. The van der Waals surface area contributed by atoms with Crippen molar-refractivity contribution in [3.05, 3.63) is 29.3 Å². The van der Waals surface area contributed by atoms with Crippen molar-refractivity contribution in [3.8, 4) is 5.75 Å². The van der Waals surface area contributed by atoms with Crippen molar-refractivity contribution in [2.75, 3.05) is 19.0 Å². The molecule has 0 N–H and O–H groups in total. The Balaban J connectivity index is 3.37. The van der Waals surface area contributed by atoms with Gasteiger partial charge in [0.2, 0.25) is 0 Å². The van der Waals surface area contributed by atoms with Gasteiger partial charge in [-0.25, -0.2) is 0 Å². The number of hydrogen-bond acceptors (Lipinski definition) is 4. The molecule has 0 saturated heterocycles. The quantitative estimate of drug-likeness (QED) is 0.409. The van der Waals surface area contributed by atoms with Gasteiger partial charge in [0.15, 0.2) is 0 Å². The molecule has 0 unspecified atom stereocenters. The third-order valence-corrected chi connectivity index (χ3v) is 7.56. The Bertz CT molecular complexity index is 555. The average Bonchev–Trinajstić information content (AvgIpc) is 2.51. The topological polar surface area (TPSA) is 27.7 Å². The minimum Gasteiger partial charge on any atom is -0.500 e. The first-order chi connectivity index (χ1) is 12.0. The highest BCUT2D eigenvalue weighted by Crippen LogP contribution is 2.37. The molecule has 0 fully saturated rings. The molecule has 1 aromatic carbocycles. The highest BCUT2D eigenvalue weighted by molar-refractivity contribution is 7.80. The molecule has 0 bridgehead atoms. The zero-order chi connectivity index (χ0) is 20.0. The standard InChI is InChI=1S/C21H38O3SSi/c1-9-22-26(23-10-2,15-11-14-25)24-19-13-12-17(20(3,4)5)16-18(19)21(6,7)8/h12-13,16,25H,9-11,14-15H2,1-8H3. The van der Waals surface area contributed by atoms with E-state index < -0.39 is 8.80 Å². The number of benzene rings is 1. The van der Waals surface area contributed by atoms with E-state index in [-0.39, 0.29) is 10.8 Å². The van der Waals surface area contributed by atoms with Crippen LogP contribution in [0.5, 0.6) is 5.75 Å². The second-order valence-corrected chi connectivity index (χ2v) is 11.8. The lowest BCUT2D eigenvalue weighted by Crippen LogP contribution is -2.49. The predicted molar refractivity (Wildman–Crippen MR) is 117 cm³/mol. The molecule has 0 saturated carbocycles. The molecule has 0 aliphatic heterocycles. The second kappa shape index (κ2) is 9.63. The van der Waals surface area contributed by atoms with Crippen LogP contribution in [0.3, 0.4) is 0 Å². The van der Waals surface area contributed by atoms with E-state index in [4.69, 9.17) is 13.3 Å². The van der Waals surface area contributed by atoms with E-state index in [0.717, 1.165) is 24.0 Å². The zero-order valence-corrected chi connectivity index (χ0v) is 19.8. The summed E-state index contributed by atoms with van der Waals surface area (Å²) in [7, 11) is -2.78. The summed E-state index contributed by atoms with van der Waals surface area (Å²) in [6, 6.07) is 7.33. The molecule has 5 heteroatoms. The molecule has 1 aromatic rings. The monoisotopic (exact) mass is 398 g/mol. The first-order valence-corrected chi connectivity index (χ1v) is 12.3. The van der Waals surface area contributed by atoms with Gasteiger partial charge >= 0.3 is 8.80 Å². The average molecular weight is 399 g/mol. The van der Waals surface area contributed by atoms with Gasteiger partial charge in [-0.2, -0.15) is 12.6 Å². The van der Waals surface area contributed by atoms with Gasteiger partial charge in [-0.15, -0.1) is 0 Å². The summed E-state index contributed by atoms with van der Waals surface area (Å²) < 4.78 is 18.8. The summed E-state index contributed by atoms with van der Waals surface area (Å²) in [5.74, 6) is 1.69. The highest BCUT2D eigenvalue weighted by atomic mass is 32.1. The first kappa shape index (κ1) is 23.5. The molecule has 0 aliphatic rings. The lowest BCUT2D eigenvalue weighted by atomic mass is 9.80. The van der Waals surface area contributed by atoms with Crippen LogP contribution >= 0.6 is 12.6 Å². The molecular weight excluding hydrogens is 360 g/mol. The Hall–Kier alpha value is -0.493. The van der Waals surface area contributed by atoms with Crippen molar-refractivity contribution in [1.82, 2.24) is 0 Å². The molecular formula is C21H38O3SSi. The fourth-order valence-electron chi connectivity index (χ4n) is 2.87. The van der Waals surface area contributed by atoms with Crippen molar-refractivity contribution < 1.29 is 13.3 Å². The fourth-order valence-corrected chi connectivity index (χ4v) is 5.92. The Morgan fingerprint density at radius 3 is 1.92 bits per heavy atom. The van der Waals surface area contributed by atoms with Crippen molar-refractivity contribution in [2.24, 2.45) is 0 Å². The van der Waals surface area contributed by atoms with Crippen molar-refractivity contribution >= 4 is 21.4 Å². The lowest BCUT2D eigenvalue weighted by molar-refractivity contribution is 0.115. The second-order valence-electron chi connectivity index (χ2n) is 8.69. The molecule has 0 radical (unpaired) electrons. The van der Waals surface area contributed by atoms with Gasteiger partial charge in [0.1, 0.15) is 5.75 Å². The van der Waals surface area contributed by atoms with Crippen LogP contribution in [0, 0.1) is 0 Å². The van der Waals surface area contributed by atoms with Gasteiger partial charge in [-0.05, 0) is 54.0 Å². The fraction of sp³-hybridized carbons (Fsp3) is 0.714. The highest BCUT2D eigenvalue weighted by Gasteiger charge is 2.43. The Morgan fingerprint density at radius 2 is 1.50 bits per heavy atom. The maximum absolute atomic E-state index is 6.57. The van der Waals surface area contributed by atoms with Crippen LogP contribution in [0.4, 0.5) is 0 Å². The molecule has 26 heavy (non-hydrogen) atoms. The van der Waals surface area contributed by atoms with Crippen LogP contribution in [0.1, 0.15) is 72.9 Å². The van der Waals surface area contributed by atoms with Crippen molar-refractivity contribution in [1.29, 1.82) is 0 Å². The minimum atomic E-state index is -2.78. The van der Waals surface area contributed by atoms with Crippen molar-refractivity contribution in [3.63, 3.8) is 0 Å². The molecule has 0 aromatic heterocycles. The summed E-state index contributed by atoms with van der Waals surface area (Å²) in [5.41, 5.74) is 2.58. The molecule has 1 rings (SSSR count). The van der Waals surface area contributed by atoms with Gasteiger partial charge in [0.05, 0.1) is 0 Å². The molecule has 0 amide bonds. The van der Waals surface area contributed by atoms with Gasteiger partial charge in [-0.1, -0.05) is 53.7 Å². The summed E-state index contributed by atoms with van der Waals surface area (Å²) in [5, 5.41) is 0. The Morgan fingerprint density at radius 1 is 0.923 bits per heavy atom. The summed E-state index contributed by atoms with van der Waals surface area (Å²) in [4.78, 5) is 0. The van der Waals surface area contributed by atoms with E-state index in [0.29, 0.717) is 13.2 Å². The SMILES string of the molecule is CCO[Si](CCCS)(OCC)Oc1ccc(C(C)(C)C)cc1C(C)(C)C. The Labute approximate surface area is 167 Å². The molecule has 150 valence electrons. The maximum atomic E-state index is 6.57. The molecule has 0 atom stereocenters. The van der Waals surface area contributed by atoms with E-state index in [2.05, 4.69) is 72.4 Å². The molecule has 0 heterocycles. The number of rotatable bonds is 9. The van der Waals surface area contributed by atoms with Crippen LogP contribution in [-0.4, -0.2) is 27.8 Å². The first-order valence-electron chi connectivity index (χ1n) is 9.72. The van der Waals surface area contributed by atoms with Gasteiger partial charge in [0, 0.05) is 19.3 Å². The van der Waals surface area contributed by atoms with E-state index in [1.54, 1.807) is 0 Å². The molecule has 0 aliphatic carbocycles. The van der Waals surface area contributed by atoms with E-state index in [1.807, 2.05) is 13.8 Å². The largest absolute Gasteiger partial charge is 0.566 e. The van der Waals surface area contributed by atoms with Crippen LogP contribution in [0.25, 0.3) is 0 Å². The summed E-state index contributed by atoms with van der Waals surface area (Å²) >= 11 is 4.36. The van der Waals surface area contributed by atoms with Crippen LogP contribution in [0.15, 0.2) is 18.2 Å². The normalized spacial score (nSPS) is 13.1. The number of thiol groups is 1. The van der Waals surface area contributed by atoms with Crippen molar-refractivity contribution in [2.45, 2.75) is 78.7 Å². The van der Waals surface area contributed by atoms with Gasteiger partial charge < -0.3 is 13.3 Å². The van der Waals surface area contributed by atoms with E-state index in [1.165, 1.54) is 11.1 Å². The third-order valence-electron chi connectivity index (χ3n) is 4.29. The van der Waals surface area contributed by atoms with Crippen LogP contribution in [0.2, 0.25) is 6.04 Å². The third kappa shape index (κ3) is 6.59. The van der Waals surface area contributed by atoms with Gasteiger partial charge in [0.25, 0.3) is 0 Å². The predicted octanol–water partition coefficient (Wildman–Crippen LogP) is 5.99. The van der Waals surface area contributed by atoms with E-state index >= 15 is 0 Å². The van der Waals surface area contributed by atoms with Gasteiger partial charge in [-0.3, -0.25) is 0 Å². The lowest BCUT2D eigenvalue weighted by Gasteiger charge is -2.33. The summed E-state index contributed by atoms with van der Waals surface area (Å²) in [6.07, 6.45) is 0.917. The number of hydrogen-bond donors (Lipinski definition) is 1. The van der Waals surface area contributed by atoms with Crippen LogP contribution in [-0.2, 0) is 19.7 Å². The minimum absolute atomic E-state index is 0.0291. The molecule has 3 nitrogen and oxygen atoms in total.